The molecule has 0 nitrogen and oxygen atoms in total. The second-order valence-corrected chi connectivity index (χ2v) is 5.49. The Morgan fingerprint density at radius 1 is 1.11 bits per heavy atom. The van der Waals surface area contributed by atoms with E-state index in [0.717, 1.165) is 24.7 Å². The Labute approximate surface area is 115 Å². The lowest BCUT2D eigenvalue weighted by molar-refractivity contribution is 0.263. The van der Waals surface area contributed by atoms with Crippen molar-refractivity contribution in [3.05, 3.63) is 36.5 Å². The maximum Gasteiger partial charge on any atom is -0.0195 e. The average Bonchev–Trinajstić information content (AvgIpc) is 2.39. The van der Waals surface area contributed by atoms with E-state index in [1.165, 1.54) is 18.4 Å². The molecule has 3 atom stereocenters. The highest BCUT2D eigenvalue weighted by Gasteiger charge is 2.24. The summed E-state index contributed by atoms with van der Waals surface area (Å²) in [5.74, 6) is 2.23. The van der Waals surface area contributed by atoms with Crippen LogP contribution in [0.2, 0.25) is 0 Å². The van der Waals surface area contributed by atoms with Crippen LogP contribution >= 0.6 is 0 Å². The summed E-state index contributed by atoms with van der Waals surface area (Å²) in [6.07, 6.45) is 8.77. The van der Waals surface area contributed by atoms with Crippen molar-refractivity contribution in [2.24, 2.45) is 17.8 Å². The van der Waals surface area contributed by atoms with Gasteiger partial charge in [0.05, 0.1) is 0 Å². The molecule has 0 saturated carbocycles. The Morgan fingerprint density at radius 3 is 2.11 bits per heavy atom. The van der Waals surface area contributed by atoms with Crippen LogP contribution in [0.4, 0.5) is 0 Å². The molecule has 0 spiro atoms. The fourth-order valence-electron chi connectivity index (χ4n) is 2.98. The molecule has 0 heteroatoms. The Balaban J connectivity index is 5.09. The molecule has 0 aromatic rings. The van der Waals surface area contributed by atoms with E-state index in [1.54, 1.807) is 5.57 Å². The third-order valence-electron chi connectivity index (χ3n) is 4.47. The molecule has 0 radical (unpaired) electrons. The largest absolute Gasteiger partial charge is 0.103 e. The van der Waals surface area contributed by atoms with Gasteiger partial charge in [-0.15, -0.1) is 6.58 Å². The molecule has 0 rings (SSSR count). The molecule has 0 aromatic carbocycles. The molecule has 0 bridgehead atoms. The minimum absolute atomic E-state index is 0.655. The van der Waals surface area contributed by atoms with E-state index >= 15 is 0 Å². The zero-order chi connectivity index (χ0) is 14.1. The van der Waals surface area contributed by atoms with E-state index < -0.39 is 0 Å². The molecule has 0 saturated heterocycles. The summed E-state index contributed by atoms with van der Waals surface area (Å²) >= 11 is 0. The van der Waals surface area contributed by atoms with Crippen molar-refractivity contribution in [2.75, 3.05) is 0 Å². The van der Waals surface area contributed by atoms with Crippen molar-refractivity contribution >= 4 is 0 Å². The van der Waals surface area contributed by atoms with E-state index in [0.29, 0.717) is 5.92 Å². The highest BCUT2D eigenvalue weighted by molar-refractivity contribution is 5.24. The van der Waals surface area contributed by atoms with Crippen LogP contribution < -0.4 is 0 Å². The summed E-state index contributed by atoms with van der Waals surface area (Å²) in [5.41, 5.74) is 2.95. The summed E-state index contributed by atoms with van der Waals surface area (Å²) in [4.78, 5) is 0. The first-order chi connectivity index (χ1) is 8.53. The standard InChI is InChI=1S/C18H32/c1-8-12-13-18(15(6)10-3)16(7)17(11-4)14(5)9-2/h8,10,14,16-17H,1,3,9,11-13H2,2,4-7H3/b18-15+. The molecule has 0 amide bonds. The molecule has 0 aliphatic carbocycles. The Kier molecular flexibility index (Phi) is 8.79. The van der Waals surface area contributed by atoms with Gasteiger partial charge in [-0.2, -0.15) is 0 Å². The molecule has 104 valence electrons. The molecule has 0 aromatic heterocycles. The Bertz CT molecular complexity index is 282. The SMILES string of the molecule is C=CCC/C(=C(/C)C=C)C(C)C(CC)C(C)CC. The molecule has 0 fully saturated rings. The summed E-state index contributed by atoms with van der Waals surface area (Å²) in [5, 5.41) is 0. The number of allylic oxidation sites excluding steroid dienone is 4. The van der Waals surface area contributed by atoms with Crippen LogP contribution in [0, 0.1) is 17.8 Å². The van der Waals surface area contributed by atoms with Crippen molar-refractivity contribution in [2.45, 2.75) is 60.3 Å². The lowest BCUT2D eigenvalue weighted by atomic mass is 9.74. The highest BCUT2D eigenvalue weighted by atomic mass is 14.3. The van der Waals surface area contributed by atoms with Crippen LogP contribution in [0.15, 0.2) is 36.5 Å². The van der Waals surface area contributed by atoms with Crippen LogP contribution in [0.25, 0.3) is 0 Å². The lowest BCUT2D eigenvalue weighted by Crippen LogP contribution is -2.21. The topological polar surface area (TPSA) is 0 Å². The summed E-state index contributed by atoms with van der Waals surface area (Å²) in [6, 6.07) is 0. The van der Waals surface area contributed by atoms with Crippen LogP contribution in [0.5, 0.6) is 0 Å². The fourth-order valence-corrected chi connectivity index (χ4v) is 2.98. The van der Waals surface area contributed by atoms with E-state index in [-0.39, 0.29) is 0 Å². The minimum atomic E-state index is 0.655. The summed E-state index contributed by atoms with van der Waals surface area (Å²) < 4.78 is 0. The second-order valence-electron chi connectivity index (χ2n) is 5.49. The van der Waals surface area contributed by atoms with Gasteiger partial charge in [0.15, 0.2) is 0 Å². The normalized spacial score (nSPS) is 17.6. The first kappa shape index (κ1) is 17.2. The van der Waals surface area contributed by atoms with Gasteiger partial charge in [0.1, 0.15) is 0 Å². The van der Waals surface area contributed by atoms with Crippen LogP contribution in [-0.2, 0) is 0 Å². The smallest absolute Gasteiger partial charge is 0.0195 e. The molecular formula is C18H32. The molecular weight excluding hydrogens is 216 g/mol. The quantitative estimate of drug-likeness (QED) is 0.338. The molecule has 18 heavy (non-hydrogen) atoms. The second kappa shape index (κ2) is 9.19. The molecule has 0 heterocycles. The van der Waals surface area contributed by atoms with Crippen molar-refractivity contribution in [3.8, 4) is 0 Å². The molecule has 0 N–H and O–H groups in total. The van der Waals surface area contributed by atoms with Gasteiger partial charge in [0.2, 0.25) is 0 Å². The van der Waals surface area contributed by atoms with Crippen molar-refractivity contribution in [1.82, 2.24) is 0 Å². The Hall–Kier alpha value is -0.780. The third kappa shape index (κ3) is 4.84. The first-order valence-corrected chi connectivity index (χ1v) is 7.46. The highest BCUT2D eigenvalue weighted by Crippen LogP contribution is 2.35. The Morgan fingerprint density at radius 2 is 1.72 bits per heavy atom. The maximum atomic E-state index is 3.94. The zero-order valence-electron chi connectivity index (χ0n) is 13.1. The van der Waals surface area contributed by atoms with Gasteiger partial charge in [0.25, 0.3) is 0 Å². The van der Waals surface area contributed by atoms with E-state index in [9.17, 15) is 0 Å². The van der Waals surface area contributed by atoms with Gasteiger partial charge in [-0.25, -0.2) is 0 Å². The van der Waals surface area contributed by atoms with Crippen molar-refractivity contribution < 1.29 is 0 Å². The van der Waals surface area contributed by atoms with Crippen molar-refractivity contribution in [3.63, 3.8) is 0 Å². The van der Waals surface area contributed by atoms with Gasteiger partial charge in [-0.05, 0) is 37.5 Å². The van der Waals surface area contributed by atoms with Gasteiger partial charge in [-0.1, -0.05) is 70.4 Å². The lowest BCUT2D eigenvalue weighted by Gasteiger charge is -2.31. The zero-order valence-corrected chi connectivity index (χ0v) is 13.1. The van der Waals surface area contributed by atoms with Gasteiger partial charge in [-0.3, -0.25) is 0 Å². The summed E-state index contributed by atoms with van der Waals surface area (Å²) in [7, 11) is 0. The predicted molar refractivity (Wildman–Crippen MR) is 84.7 cm³/mol. The van der Waals surface area contributed by atoms with Crippen LogP contribution in [-0.4, -0.2) is 0 Å². The van der Waals surface area contributed by atoms with Gasteiger partial charge >= 0.3 is 0 Å². The fraction of sp³-hybridized carbons (Fsp3) is 0.667. The van der Waals surface area contributed by atoms with E-state index in [1.807, 2.05) is 12.2 Å². The molecule has 0 aliphatic heterocycles. The van der Waals surface area contributed by atoms with Gasteiger partial charge < -0.3 is 0 Å². The minimum Gasteiger partial charge on any atom is -0.103 e. The van der Waals surface area contributed by atoms with Gasteiger partial charge in [0, 0.05) is 0 Å². The van der Waals surface area contributed by atoms with E-state index in [2.05, 4.69) is 47.8 Å². The average molecular weight is 248 g/mol. The molecule has 3 unspecified atom stereocenters. The number of rotatable bonds is 9. The third-order valence-corrected chi connectivity index (χ3v) is 4.47. The molecule has 0 aliphatic rings. The monoisotopic (exact) mass is 248 g/mol. The maximum absolute atomic E-state index is 3.94. The predicted octanol–water partition coefficient (Wildman–Crippen LogP) is 6.16. The van der Waals surface area contributed by atoms with Crippen molar-refractivity contribution in [1.29, 1.82) is 0 Å². The van der Waals surface area contributed by atoms with Crippen LogP contribution in [0.3, 0.4) is 0 Å². The number of hydrogen-bond acceptors (Lipinski definition) is 0. The van der Waals surface area contributed by atoms with E-state index in [4.69, 9.17) is 0 Å². The first-order valence-electron chi connectivity index (χ1n) is 7.46. The van der Waals surface area contributed by atoms with Crippen LogP contribution in [0.1, 0.15) is 60.3 Å². The summed E-state index contributed by atoms with van der Waals surface area (Å²) in [6.45, 7) is 19.4. The number of hydrogen-bond donors (Lipinski definition) is 0.